The third-order valence-electron chi connectivity index (χ3n) is 19.2. The number of esters is 1. The maximum absolute atomic E-state index is 15.0. The first-order valence-corrected chi connectivity index (χ1v) is 24.2. The summed E-state index contributed by atoms with van der Waals surface area (Å²) in [6.45, 7) is 11.1. The van der Waals surface area contributed by atoms with Crippen LogP contribution in [0, 0.1) is 57.2 Å². The number of hydrogen-bond acceptors (Lipinski definition) is 19. The van der Waals surface area contributed by atoms with E-state index in [-0.39, 0.29) is 52.4 Å². The molecule has 5 aliphatic carbocycles. The van der Waals surface area contributed by atoms with Crippen molar-refractivity contribution >= 4 is 5.97 Å². The smallest absolute Gasteiger partial charge is 0.315 e. The van der Waals surface area contributed by atoms with Gasteiger partial charge in [-0.1, -0.05) is 46.3 Å². The molecule has 0 amide bonds. The van der Waals surface area contributed by atoms with E-state index in [0.717, 1.165) is 19.3 Å². The molecular formula is C47H76O19. The van der Waals surface area contributed by atoms with Gasteiger partial charge in [0, 0.05) is 12.5 Å². The first-order valence-electron chi connectivity index (χ1n) is 24.2. The summed E-state index contributed by atoms with van der Waals surface area (Å²) in [5.41, 5.74) is -0.700. The van der Waals surface area contributed by atoms with Gasteiger partial charge in [0.2, 0.25) is 6.29 Å². The highest BCUT2D eigenvalue weighted by molar-refractivity contribution is 5.79. The van der Waals surface area contributed by atoms with Crippen molar-refractivity contribution in [3.05, 3.63) is 11.6 Å². The van der Waals surface area contributed by atoms with Crippen LogP contribution in [0.3, 0.4) is 0 Å². The molecule has 0 bridgehead atoms. The standard InChI is InChI=1S/C47H76O19/c1-19-9-12-47(14-13-45(5)24(29(47)20(19)2)7-8-28-44(4)15-25(50)31(52)22(16-48)23(44)10-11-46(28,45)6)43(60)66-42-37(58)34(55)32(53)27(64-42)18-61-40-38(59)35(56)39(26(17-49)63-40)65-41-36(57)33(54)30(51)21(3)62-41/h7,19-23,25-42,48-59H,8-18H2,1-6H3/t19-,20+,21-,22+,23+,25-,26-,27-,28-,29-,30+,31-,32-,33-,34+,35-,36-,37-,38-,39-,40-,41+,42+,44+,45-,46-,47+/m1/s1. The largest absolute Gasteiger partial charge is 0.432 e. The minimum absolute atomic E-state index is 0.0420. The molecule has 8 rings (SSSR count). The first kappa shape index (κ1) is 50.9. The van der Waals surface area contributed by atoms with Gasteiger partial charge in [-0.15, -0.1) is 0 Å². The van der Waals surface area contributed by atoms with Crippen LogP contribution in [-0.2, 0) is 33.2 Å². The Kier molecular flexibility index (Phi) is 14.4. The number of fused-ring (bicyclic) bond motifs is 7. The fourth-order valence-corrected chi connectivity index (χ4v) is 14.8. The van der Waals surface area contributed by atoms with Crippen LogP contribution in [0.4, 0.5) is 0 Å². The molecule has 19 heteroatoms. The van der Waals surface area contributed by atoms with Gasteiger partial charge in [-0.3, -0.25) is 4.79 Å². The lowest BCUT2D eigenvalue weighted by Gasteiger charge is -2.70. The third-order valence-corrected chi connectivity index (χ3v) is 19.2. The van der Waals surface area contributed by atoms with Crippen LogP contribution >= 0.6 is 0 Å². The lowest BCUT2D eigenvalue weighted by molar-refractivity contribution is -0.361. The molecule has 0 aromatic carbocycles. The molecule has 0 spiro atoms. The van der Waals surface area contributed by atoms with E-state index in [0.29, 0.717) is 32.1 Å². The molecule has 8 aliphatic rings. The van der Waals surface area contributed by atoms with E-state index in [4.69, 9.17) is 28.4 Å². The Balaban J connectivity index is 0.979. The minimum Gasteiger partial charge on any atom is -0.432 e. The van der Waals surface area contributed by atoms with Crippen molar-refractivity contribution in [2.45, 2.75) is 197 Å². The zero-order valence-electron chi connectivity index (χ0n) is 38.9. The Labute approximate surface area is 385 Å². The maximum Gasteiger partial charge on any atom is 0.315 e. The van der Waals surface area contributed by atoms with Crippen LogP contribution in [0.15, 0.2) is 11.6 Å². The predicted molar refractivity (Wildman–Crippen MR) is 227 cm³/mol. The van der Waals surface area contributed by atoms with Crippen molar-refractivity contribution in [3.63, 3.8) is 0 Å². The highest BCUT2D eigenvalue weighted by atomic mass is 16.8. The van der Waals surface area contributed by atoms with Crippen molar-refractivity contribution in [1.82, 2.24) is 0 Å². The topological polar surface area (TPSA) is 315 Å². The number of carbonyl (C=O) groups excluding carboxylic acids is 1. The minimum atomic E-state index is -1.86. The van der Waals surface area contributed by atoms with Crippen LogP contribution in [0.25, 0.3) is 0 Å². The summed E-state index contributed by atoms with van der Waals surface area (Å²) in [6, 6.07) is 0. The van der Waals surface area contributed by atoms with E-state index in [1.807, 2.05) is 0 Å². The van der Waals surface area contributed by atoms with Crippen LogP contribution < -0.4 is 0 Å². The number of allylic oxidation sites excluding steroid dienone is 2. The van der Waals surface area contributed by atoms with Crippen molar-refractivity contribution in [2.24, 2.45) is 57.2 Å². The monoisotopic (exact) mass is 944 g/mol. The molecule has 0 unspecified atom stereocenters. The Morgan fingerprint density at radius 3 is 2.03 bits per heavy atom. The Bertz CT molecular complexity index is 1770. The Morgan fingerprint density at radius 2 is 1.35 bits per heavy atom. The number of hydrogen-bond donors (Lipinski definition) is 12. The maximum atomic E-state index is 15.0. The second-order valence-electron chi connectivity index (χ2n) is 22.2. The van der Waals surface area contributed by atoms with Crippen molar-refractivity contribution in [1.29, 1.82) is 0 Å². The number of aliphatic hydroxyl groups excluding tert-OH is 12. The summed E-state index contributed by atoms with van der Waals surface area (Å²) in [6.07, 6.45) is -18.7. The quantitative estimate of drug-likeness (QED) is 0.0932. The normalized spacial score (nSPS) is 56.2. The molecule has 12 N–H and O–H groups in total. The lowest BCUT2D eigenvalue weighted by Crippen LogP contribution is -2.66. The first-order chi connectivity index (χ1) is 31.0. The summed E-state index contributed by atoms with van der Waals surface area (Å²) < 4.78 is 34.7. The lowest BCUT2D eigenvalue weighted by atomic mass is 9.34. The fourth-order valence-electron chi connectivity index (χ4n) is 14.8. The average molecular weight is 945 g/mol. The number of rotatable bonds is 9. The van der Waals surface area contributed by atoms with Gasteiger partial charge >= 0.3 is 5.97 Å². The molecule has 3 heterocycles. The van der Waals surface area contributed by atoms with Crippen LogP contribution in [-0.4, -0.2) is 191 Å². The van der Waals surface area contributed by atoms with Gasteiger partial charge in [-0.05, 0) is 104 Å². The van der Waals surface area contributed by atoms with E-state index in [2.05, 4.69) is 40.7 Å². The van der Waals surface area contributed by atoms with Gasteiger partial charge in [0.15, 0.2) is 12.6 Å². The zero-order chi connectivity index (χ0) is 48.2. The molecule has 66 heavy (non-hydrogen) atoms. The van der Waals surface area contributed by atoms with Gasteiger partial charge < -0.3 is 89.7 Å². The van der Waals surface area contributed by atoms with Crippen molar-refractivity contribution in [2.75, 3.05) is 19.8 Å². The van der Waals surface area contributed by atoms with Crippen molar-refractivity contribution in [3.8, 4) is 0 Å². The molecule has 27 atom stereocenters. The zero-order valence-corrected chi connectivity index (χ0v) is 38.9. The fraction of sp³-hybridized carbons (Fsp3) is 0.936. The molecule has 4 saturated carbocycles. The van der Waals surface area contributed by atoms with E-state index in [1.54, 1.807) is 0 Å². The number of aliphatic hydroxyl groups is 12. The van der Waals surface area contributed by atoms with E-state index < -0.39 is 135 Å². The summed E-state index contributed by atoms with van der Waals surface area (Å²) in [4.78, 5) is 15.0. The molecule has 378 valence electrons. The Morgan fingerprint density at radius 1 is 0.697 bits per heavy atom. The number of carbonyl (C=O) groups is 1. The van der Waals surface area contributed by atoms with Crippen LogP contribution in [0.5, 0.6) is 0 Å². The van der Waals surface area contributed by atoms with Gasteiger partial charge in [-0.2, -0.15) is 0 Å². The predicted octanol–water partition coefficient (Wildman–Crippen LogP) is -1.42. The third kappa shape index (κ3) is 7.86. The highest BCUT2D eigenvalue weighted by Crippen LogP contribution is 2.75. The summed E-state index contributed by atoms with van der Waals surface area (Å²) >= 11 is 0. The molecule has 7 fully saturated rings. The molecule has 0 aromatic heterocycles. The van der Waals surface area contributed by atoms with Crippen molar-refractivity contribution < 1.29 is 94.5 Å². The van der Waals surface area contributed by atoms with Gasteiger partial charge in [-0.25, -0.2) is 0 Å². The van der Waals surface area contributed by atoms with Gasteiger partial charge in [0.1, 0.15) is 67.1 Å². The SMILES string of the molecule is C[C@H]1[C@H](C)CC[C@]2(C(=O)O[C@@H]3O[C@H](CO[C@@H]4O[C@H](CO)[C@@H](O[C@@H]5O[C@H](C)[C@H](O)[C@@H](O)[C@H]5O)[C@H](O)[C@H]4O)[C@@H](O)[C@H](O)[C@H]3O)CC[C@]3(C)C(=CC[C@@H]4[C@@]5(C)C[C@@H](O)[C@H](O)[C@@H](CO)[C@@H]5CC[C@]43C)[C@@H]12. The summed E-state index contributed by atoms with van der Waals surface area (Å²) in [5.74, 6) is -0.708. The van der Waals surface area contributed by atoms with Crippen LogP contribution in [0.1, 0.15) is 92.9 Å². The molecular weight excluding hydrogens is 868 g/mol. The molecule has 0 radical (unpaired) electrons. The van der Waals surface area contributed by atoms with Crippen LogP contribution in [0.2, 0.25) is 0 Å². The van der Waals surface area contributed by atoms with E-state index in [9.17, 15) is 66.1 Å². The second-order valence-corrected chi connectivity index (χ2v) is 22.2. The highest BCUT2D eigenvalue weighted by Gasteiger charge is 2.70. The molecule has 3 aliphatic heterocycles. The number of ether oxygens (including phenoxy) is 6. The molecule has 3 saturated heterocycles. The van der Waals surface area contributed by atoms with E-state index >= 15 is 0 Å². The second kappa shape index (κ2) is 18.6. The van der Waals surface area contributed by atoms with Gasteiger partial charge in [0.25, 0.3) is 0 Å². The summed E-state index contributed by atoms with van der Waals surface area (Å²) in [5, 5.41) is 129. The Hall–Kier alpha value is -1.47. The van der Waals surface area contributed by atoms with Gasteiger partial charge in [0.05, 0.1) is 36.9 Å². The summed E-state index contributed by atoms with van der Waals surface area (Å²) in [7, 11) is 0. The molecule has 19 nitrogen and oxygen atoms in total. The molecule has 0 aromatic rings. The average Bonchev–Trinajstić information content (AvgIpc) is 3.28. The van der Waals surface area contributed by atoms with E-state index in [1.165, 1.54) is 12.5 Å².